The number of nitrogens with zero attached hydrogens (tertiary/aromatic N) is 1. The highest BCUT2D eigenvalue weighted by Crippen LogP contribution is 2.54. The SMILES string of the molecule is O=C1CC2(CC2)Cc2ncccc21. The molecule has 3 rings (SSSR count). The molecule has 1 aromatic rings. The maximum Gasteiger partial charge on any atom is 0.165 e. The molecule has 0 N–H and O–H groups in total. The van der Waals surface area contributed by atoms with Crippen molar-refractivity contribution in [2.75, 3.05) is 0 Å². The van der Waals surface area contributed by atoms with Crippen LogP contribution in [-0.2, 0) is 6.42 Å². The quantitative estimate of drug-likeness (QED) is 0.600. The number of Topliss-reactive ketones (excluding diaryl/α,β-unsaturated/α-hetero) is 1. The zero-order chi connectivity index (χ0) is 8.89. The number of aromatic nitrogens is 1. The van der Waals surface area contributed by atoms with Gasteiger partial charge in [-0.3, -0.25) is 9.78 Å². The van der Waals surface area contributed by atoms with Crippen molar-refractivity contribution in [2.45, 2.75) is 25.7 Å². The number of pyridine rings is 1. The highest BCUT2D eigenvalue weighted by Gasteiger charge is 2.47. The minimum Gasteiger partial charge on any atom is -0.294 e. The molecule has 0 bridgehead atoms. The fourth-order valence-corrected chi connectivity index (χ4v) is 2.22. The van der Waals surface area contributed by atoms with Crippen LogP contribution in [0.1, 0.15) is 35.3 Å². The fraction of sp³-hybridized carbons (Fsp3) is 0.455. The van der Waals surface area contributed by atoms with Crippen LogP contribution in [0.5, 0.6) is 0 Å². The Morgan fingerprint density at radius 2 is 2.15 bits per heavy atom. The van der Waals surface area contributed by atoms with Crippen molar-refractivity contribution in [2.24, 2.45) is 5.41 Å². The van der Waals surface area contributed by atoms with Gasteiger partial charge in [0.05, 0.1) is 5.69 Å². The Labute approximate surface area is 77.0 Å². The normalized spacial score (nSPS) is 22.9. The molecule has 2 aliphatic rings. The molecule has 0 unspecified atom stereocenters. The number of carbonyl (C=O) groups excluding carboxylic acids is 1. The van der Waals surface area contributed by atoms with Crippen molar-refractivity contribution >= 4 is 5.78 Å². The predicted molar refractivity (Wildman–Crippen MR) is 48.6 cm³/mol. The van der Waals surface area contributed by atoms with Gasteiger partial charge in [0.2, 0.25) is 0 Å². The minimum absolute atomic E-state index is 0.298. The van der Waals surface area contributed by atoms with Crippen LogP contribution >= 0.6 is 0 Å². The zero-order valence-corrected chi connectivity index (χ0v) is 7.42. The van der Waals surface area contributed by atoms with E-state index in [4.69, 9.17) is 0 Å². The Morgan fingerprint density at radius 1 is 1.31 bits per heavy atom. The maximum atomic E-state index is 11.7. The van der Waals surface area contributed by atoms with Crippen molar-refractivity contribution in [1.82, 2.24) is 4.98 Å². The largest absolute Gasteiger partial charge is 0.294 e. The first-order valence-electron chi connectivity index (χ1n) is 4.76. The van der Waals surface area contributed by atoms with Gasteiger partial charge in [-0.25, -0.2) is 0 Å². The summed E-state index contributed by atoms with van der Waals surface area (Å²) in [6.45, 7) is 0. The molecular formula is C11H11NO. The van der Waals surface area contributed by atoms with Crippen LogP contribution in [0.2, 0.25) is 0 Å². The van der Waals surface area contributed by atoms with Gasteiger partial charge in [-0.15, -0.1) is 0 Å². The van der Waals surface area contributed by atoms with E-state index >= 15 is 0 Å². The average Bonchev–Trinajstić information content (AvgIpc) is 2.85. The topological polar surface area (TPSA) is 30.0 Å². The lowest BCUT2D eigenvalue weighted by molar-refractivity contribution is 0.0940. The van der Waals surface area contributed by atoms with Crippen LogP contribution < -0.4 is 0 Å². The summed E-state index contributed by atoms with van der Waals surface area (Å²) in [6, 6.07) is 3.75. The molecule has 0 saturated heterocycles. The van der Waals surface area contributed by atoms with Crippen LogP contribution in [0.4, 0.5) is 0 Å². The zero-order valence-electron chi connectivity index (χ0n) is 7.42. The third kappa shape index (κ3) is 1.01. The van der Waals surface area contributed by atoms with Gasteiger partial charge < -0.3 is 0 Å². The first-order valence-corrected chi connectivity index (χ1v) is 4.76. The van der Waals surface area contributed by atoms with Gasteiger partial charge in [0.25, 0.3) is 0 Å². The molecule has 13 heavy (non-hydrogen) atoms. The van der Waals surface area contributed by atoms with Crippen LogP contribution in [-0.4, -0.2) is 10.8 Å². The Morgan fingerprint density at radius 3 is 2.92 bits per heavy atom. The molecule has 2 aliphatic carbocycles. The summed E-state index contributed by atoms with van der Waals surface area (Å²) in [7, 11) is 0. The molecule has 0 amide bonds. The molecule has 2 heteroatoms. The molecule has 2 nitrogen and oxygen atoms in total. The van der Waals surface area contributed by atoms with Gasteiger partial charge in [-0.2, -0.15) is 0 Å². The molecular weight excluding hydrogens is 162 g/mol. The van der Waals surface area contributed by atoms with Gasteiger partial charge in [-0.05, 0) is 36.8 Å². The summed E-state index contributed by atoms with van der Waals surface area (Å²) in [6.07, 6.45) is 6.00. The van der Waals surface area contributed by atoms with Gasteiger partial charge in [0.1, 0.15) is 0 Å². The lowest BCUT2D eigenvalue weighted by atomic mass is 9.83. The van der Waals surface area contributed by atoms with Crippen molar-refractivity contribution in [1.29, 1.82) is 0 Å². The molecule has 0 aromatic carbocycles. The Kier molecular flexibility index (Phi) is 1.22. The molecule has 1 aromatic heterocycles. The van der Waals surface area contributed by atoms with Crippen LogP contribution in [0.25, 0.3) is 0 Å². The van der Waals surface area contributed by atoms with E-state index in [1.165, 1.54) is 12.8 Å². The van der Waals surface area contributed by atoms with Crippen molar-refractivity contribution in [3.05, 3.63) is 29.6 Å². The Hall–Kier alpha value is -1.18. The van der Waals surface area contributed by atoms with Crippen molar-refractivity contribution in [3.63, 3.8) is 0 Å². The second-order valence-electron chi connectivity index (χ2n) is 4.27. The number of ketones is 1. The summed E-state index contributed by atoms with van der Waals surface area (Å²) in [5.41, 5.74) is 2.22. The Bertz CT molecular complexity index is 379. The van der Waals surface area contributed by atoms with Crippen molar-refractivity contribution in [3.8, 4) is 0 Å². The van der Waals surface area contributed by atoms with E-state index in [1.807, 2.05) is 12.1 Å². The van der Waals surface area contributed by atoms with E-state index in [-0.39, 0.29) is 0 Å². The molecule has 0 atom stereocenters. The van der Waals surface area contributed by atoms with E-state index in [2.05, 4.69) is 4.98 Å². The van der Waals surface area contributed by atoms with Gasteiger partial charge in [0.15, 0.2) is 5.78 Å². The number of hydrogen-bond donors (Lipinski definition) is 0. The molecule has 66 valence electrons. The molecule has 1 spiro atoms. The van der Waals surface area contributed by atoms with Crippen LogP contribution in [0, 0.1) is 5.41 Å². The third-order valence-corrected chi connectivity index (χ3v) is 3.23. The highest BCUT2D eigenvalue weighted by molar-refractivity contribution is 5.98. The van der Waals surface area contributed by atoms with E-state index in [9.17, 15) is 4.79 Å². The monoisotopic (exact) mass is 173 g/mol. The second-order valence-corrected chi connectivity index (χ2v) is 4.27. The van der Waals surface area contributed by atoms with E-state index < -0.39 is 0 Å². The van der Waals surface area contributed by atoms with Crippen LogP contribution in [0.3, 0.4) is 0 Å². The lowest BCUT2D eigenvalue weighted by Gasteiger charge is -2.21. The second kappa shape index (κ2) is 2.19. The van der Waals surface area contributed by atoms with E-state index in [0.717, 1.165) is 24.1 Å². The Balaban J connectivity index is 2.10. The molecule has 1 fully saturated rings. The van der Waals surface area contributed by atoms with Crippen LogP contribution in [0.15, 0.2) is 18.3 Å². The number of hydrogen-bond acceptors (Lipinski definition) is 2. The predicted octanol–water partition coefficient (Wildman–Crippen LogP) is 1.99. The average molecular weight is 173 g/mol. The summed E-state index contributed by atoms with van der Waals surface area (Å²) in [5.74, 6) is 0.298. The number of carbonyl (C=O) groups is 1. The molecule has 1 heterocycles. The fourth-order valence-electron chi connectivity index (χ4n) is 2.22. The molecule has 0 radical (unpaired) electrons. The van der Waals surface area contributed by atoms with E-state index in [0.29, 0.717) is 11.2 Å². The summed E-state index contributed by atoms with van der Waals surface area (Å²) in [5, 5.41) is 0. The molecule has 0 aliphatic heterocycles. The first kappa shape index (κ1) is 7.25. The standard InChI is InChI=1S/C11H11NO/c13-10-7-11(3-4-11)6-9-8(10)2-1-5-12-9/h1-2,5H,3-4,6-7H2. The lowest BCUT2D eigenvalue weighted by Crippen LogP contribution is -2.21. The number of fused-ring (bicyclic) bond motifs is 1. The van der Waals surface area contributed by atoms with E-state index in [1.54, 1.807) is 6.20 Å². The highest BCUT2D eigenvalue weighted by atomic mass is 16.1. The summed E-state index contributed by atoms with van der Waals surface area (Å²) < 4.78 is 0. The van der Waals surface area contributed by atoms with Gasteiger partial charge >= 0.3 is 0 Å². The minimum atomic E-state index is 0.298. The number of rotatable bonds is 0. The summed E-state index contributed by atoms with van der Waals surface area (Å²) in [4.78, 5) is 16.0. The third-order valence-electron chi connectivity index (χ3n) is 3.23. The van der Waals surface area contributed by atoms with Crippen molar-refractivity contribution < 1.29 is 4.79 Å². The van der Waals surface area contributed by atoms with Gasteiger partial charge in [-0.1, -0.05) is 0 Å². The first-order chi connectivity index (χ1) is 6.29. The molecule has 1 saturated carbocycles. The summed E-state index contributed by atoms with van der Waals surface area (Å²) >= 11 is 0. The smallest absolute Gasteiger partial charge is 0.165 e. The maximum absolute atomic E-state index is 11.7. The van der Waals surface area contributed by atoms with Gasteiger partial charge in [0, 0.05) is 18.2 Å².